The summed E-state index contributed by atoms with van der Waals surface area (Å²) in [4.78, 5) is 12.0. The van der Waals surface area contributed by atoms with Gasteiger partial charge in [-0.2, -0.15) is 0 Å². The van der Waals surface area contributed by atoms with E-state index in [0.717, 1.165) is 0 Å². The average Bonchev–Trinajstić information content (AvgIpc) is 2.38. The first-order chi connectivity index (χ1) is 8.48. The summed E-state index contributed by atoms with van der Waals surface area (Å²) >= 11 is 0. The second-order valence-electron chi connectivity index (χ2n) is 4.30. The van der Waals surface area contributed by atoms with Crippen LogP contribution in [0.3, 0.4) is 0 Å². The van der Waals surface area contributed by atoms with E-state index in [4.69, 9.17) is 0 Å². The molecular formula is C13H19NO4. The molecule has 5 heteroatoms. The van der Waals surface area contributed by atoms with Gasteiger partial charge in [0.05, 0.1) is 17.7 Å². The quantitative estimate of drug-likeness (QED) is 0.597. The fourth-order valence-electron chi connectivity index (χ4n) is 1.70. The zero-order valence-corrected chi connectivity index (χ0v) is 10.6. The van der Waals surface area contributed by atoms with Crippen LogP contribution in [0, 0.1) is 0 Å². The van der Waals surface area contributed by atoms with Crippen molar-refractivity contribution in [1.82, 2.24) is 5.32 Å². The molecule has 0 fully saturated rings. The molecule has 0 atom stereocenters. The van der Waals surface area contributed by atoms with Crippen molar-refractivity contribution in [2.45, 2.75) is 32.2 Å². The number of aliphatic hydroxyl groups excluding tert-OH is 1. The number of aromatic hydroxyl groups is 2. The maximum Gasteiger partial charge on any atom is 0.255 e. The Morgan fingerprint density at radius 2 is 1.89 bits per heavy atom. The molecule has 0 bridgehead atoms. The molecule has 0 spiro atoms. The summed E-state index contributed by atoms with van der Waals surface area (Å²) < 4.78 is 0. The molecule has 0 aliphatic rings. The molecule has 1 rings (SSSR count). The second-order valence-corrected chi connectivity index (χ2v) is 4.30. The predicted octanol–water partition coefficient (Wildman–Crippen LogP) is 1.38. The van der Waals surface area contributed by atoms with Gasteiger partial charge in [0.2, 0.25) is 0 Å². The third kappa shape index (κ3) is 2.92. The van der Waals surface area contributed by atoms with Crippen LogP contribution < -0.4 is 5.32 Å². The summed E-state index contributed by atoms with van der Waals surface area (Å²) in [6.07, 6.45) is 1.15. The minimum atomic E-state index is -0.699. The molecule has 18 heavy (non-hydrogen) atoms. The molecule has 1 aromatic carbocycles. The van der Waals surface area contributed by atoms with Crippen molar-refractivity contribution in [3.63, 3.8) is 0 Å². The summed E-state index contributed by atoms with van der Waals surface area (Å²) in [6, 6.07) is 3.74. The molecule has 0 aromatic heterocycles. The number of phenolic OH excluding ortho intramolecular Hbond substituents is 2. The lowest BCUT2D eigenvalue weighted by Crippen LogP contribution is -2.50. The van der Waals surface area contributed by atoms with Gasteiger partial charge in [-0.3, -0.25) is 4.79 Å². The van der Waals surface area contributed by atoms with Gasteiger partial charge in [0, 0.05) is 0 Å². The Balaban J connectivity index is 2.97. The van der Waals surface area contributed by atoms with Gasteiger partial charge in [0.25, 0.3) is 5.91 Å². The maximum atomic E-state index is 12.0. The monoisotopic (exact) mass is 253 g/mol. The van der Waals surface area contributed by atoms with E-state index in [9.17, 15) is 20.1 Å². The van der Waals surface area contributed by atoms with Gasteiger partial charge in [-0.1, -0.05) is 13.8 Å². The lowest BCUT2D eigenvalue weighted by Gasteiger charge is -2.30. The lowest BCUT2D eigenvalue weighted by molar-refractivity contribution is 0.0815. The fraction of sp³-hybridized carbons (Fsp3) is 0.462. The molecule has 1 aromatic rings. The van der Waals surface area contributed by atoms with E-state index in [1.165, 1.54) is 18.2 Å². The average molecular weight is 253 g/mol. The van der Waals surface area contributed by atoms with E-state index in [1.807, 2.05) is 13.8 Å². The van der Waals surface area contributed by atoms with Crippen molar-refractivity contribution in [1.29, 1.82) is 0 Å². The third-order valence-electron chi connectivity index (χ3n) is 3.26. The van der Waals surface area contributed by atoms with Crippen LogP contribution in [0.2, 0.25) is 0 Å². The Hall–Kier alpha value is -1.75. The largest absolute Gasteiger partial charge is 0.508 e. The van der Waals surface area contributed by atoms with Crippen molar-refractivity contribution < 1.29 is 20.1 Å². The molecule has 0 aliphatic heterocycles. The number of carbonyl (C=O) groups excluding carboxylic acids is 1. The number of benzene rings is 1. The number of hydrogen-bond acceptors (Lipinski definition) is 4. The normalized spacial score (nSPS) is 11.3. The highest BCUT2D eigenvalue weighted by Gasteiger charge is 2.28. The number of hydrogen-bond donors (Lipinski definition) is 4. The van der Waals surface area contributed by atoms with E-state index >= 15 is 0 Å². The predicted molar refractivity (Wildman–Crippen MR) is 67.6 cm³/mol. The molecule has 4 N–H and O–H groups in total. The SMILES string of the molecule is CCC(CC)(CO)NC(=O)c1cc(O)ccc1O. The topological polar surface area (TPSA) is 89.8 Å². The zero-order chi connectivity index (χ0) is 13.8. The molecule has 0 aliphatic carbocycles. The standard InChI is InChI=1S/C13H19NO4/c1-3-13(4-2,8-15)14-12(18)10-7-9(16)5-6-11(10)17/h5-7,15-17H,3-4,8H2,1-2H3,(H,14,18). The van der Waals surface area contributed by atoms with Gasteiger partial charge >= 0.3 is 0 Å². The highest BCUT2D eigenvalue weighted by atomic mass is 16.3. The highest BCUT2D eigenvalue weighted by molar-refractivity contribution is 5.97. The summed E-state index contributed by atoms with van der Waals surface area (Å²) in [7, 11) is 0. The fourth-order valence-corrected chi connectivity index (χ4v) is 1.70. The zero-order valence-electron chi connectivity index (χ0n) is 10.6. The van der Waals surface area contributed by atoms with Crippen molar-refractivity contribution in [3.05, 3.63) is 23.8 Å². The molecule has 0 saturated carbocycles. The van der Waals surface area contributed by atoms with Crippen molar-refractivity contribution in [2.24, 2.45) is 0 Å². The first kappa shape index (κ1) is 14.3. The Morgan fingerprint density at radius 3 is 2.39 bits per heavy atom. The van der Waals surface area contributed by atoms with Crippen LogP contribution in [0.4, 0.5) is 0 Å². The lowest BCUT2D eigenvalue weighted by atomic mass is 9.93. The summed E-state index contributed by atoms with van der Waals surface area (Å²) in [5.41, 5.74) is -0.704. The maximum absolute atomic E-state index is 12.0. The Kier molecular flexibility index (Phi) is 4.55. The number of nitrogens with one attached hydrogen (secondary N) is 1. The van der Waals surface area contributed by atoms with Crippen LogP contribution in [0.1, 0.15) is 37.0 Å². The third-order valence-corrected chi connectivity index (χ3v) is 3.26. The van der Waals surface area contributed by atoms with Crippen molar-refractivity contribution in [2.75, 3.05) is 6.61 Å². The van der Waals surface area contributed by atoms with Crippen LogP contribution in [-0.4, -0.2) is 33.4 Å². The molecular weight excluding hydrogens is 234 g/mol. The van der Waals surface area contributed by atoms with Crippen molar-refractivity contribution >= 4 is 5.91 Å². The summed E-state index contributed by atoms with van der Waals surface area (Å²) in [5, 5.41) is 31.0. The van der Waals surface area contributed by atoms with E-state index in [2.05, 4.69) is 5.32 Å². The Labute approximate surface area is 106 Å². The first-order valence-corrected chi connectivity index (χ1v) is 5.93. The van der Waals surface area contributed by atoms with Gasteiger partial charge in [-0.05, 0) is 31.0 Å². The number of aliphatic hydroxyl groups is 1. The van der Waals surface area contributed by atoms with E-state index in [-0.39, 0.29) is 23.7 Å². The Morgan fingerprint density at radius 1 is 1.28 bits per heavy atom. The number of carbonyl (C=O) groups is 1. The van der Waals surface area contributed by atoms with E-state index < -0.39 is 11.4 Å². The van der Waals surface area contributed by atoms with Crippen LogP contribution in [-0.2, 0) is 0 Å². The molecule has 0 radical (unpaired) electrons. The van der Waals surface area contributed by atoms with Crippen LogP contribution >= 0.6 is 0 Å². The molecule has 100 valence electrons. The van der Waals surface area contributed by atoms with Crippen LogP contribution in [0.15, 0.2) is 18.2 Å². The van der Waals surface area contributed by atoms with Crippen LogP contribution in [0.5, 0.6) is 11.5 Å². The smallest absolute Gasteiger partial charge is 0.255 e. The van der Waals surface area contributed by atoms with E-state index in [1.54, 1.807) is 0 Å². The number of amides is 1. The highest BCUT2D eigenvalue weighted by Crippen LogP contribution is 2.23. The van der Waals surface area contributed by atoms with Gasteiger partial charge in [-0.15, -0.1) is 0 Å². The second kappa shape index (κ2) is 5.73. The van der Waals surface area contributed by atoms with Crippen molar-refractivity contribution in [3.8, 4) is 11.5 Å². The van der Waals surface area contributed by atoms with Gasteiger partial charge < -0.3 is 20.6 Å². The summed E-state index contributed by atoms with van der Waals surface area (Å²) in [5.74, 6) is -0.814. The van der Waals surface area contributed by atoms with E-state index in [0.29, 0.717) is 12.8 Å². The summed E-state index contributed by atoms with van der Waals surface area (Å²) in [6.45, 7) is 3.55. The molecule has 5 nitrogen and oxygen atoms in total. The minimum absolute atomic E-state index is 0.00488. The molecule has 0 heterocycles. The van der Waals surface area contributed by atoms with Gasteiger partial charge in [-0.25, -0.2) is 0 Å². The molecule has 0 saturated heterocycles. The van der Waals surface area contributed by atoms with Gasteiger partial charge in [0.1, 0.15) is 11.5 Å². The minimum Gasteiger partial charge on any atom is -0.508 e. The number of phenols is 2. The molecule has 0 unspecified atom stereocenters. The molecule has 1 amide bonds. The number of rotatable bonds is 5. The first-order valence-electron chi connectivity index (χ1n) is 5.93. The Bertz CT molecular complexity index is 419. The van der Waals surface area contributed by atoms with Gasteiger partial charge in [0.15, 0.2) is 0 Å². The van der Waals surface area contributed by atoms with Crippen LogP contribution in [0.25, 0.3) is 0 Å².